The standard InChI is InChI=1S/C16H20N2/c1-2-5-14(6-3-1)7-4-10-17-16-13-18-11-8-15(16)9-12-18/h1-3,5-6,15-17H,8-13H2. The summed E-state index contributed by atoms with van der Waals surface area (Å²) in [6.45, 7) is 4.64. The summed E-state index contributed by atoms with van der Waals surface area (Å²) in [6, 6.07) is 10.9. The molecule has 1 aromatic carbocycles. The lowest BCUT2D eigenvalue weighted by atomic mass is 9.84. The highest BCUT2D eigenvalue weighted by molar-refractivity contribution is 5.33. The van der Waals surface area contributed by atoms with Gasteiger partial charge in [-0.15, -0.1) is 0 Å². The number of hydrogen-bond donors (Lipinski definition) is 1. The summed E-state index contributed by atoms with van der Waals surface area (Å²) >= 11 is 0. The molecule has 4 rings (SSSR count). The van der Waals surface area contributed by atoms with E-state index in [-0.39, 0.29) is 0 Å². The summed E-state index contributed by atoms with van der Waals surface area (Å²) in [5.41, 5.74) is 1.10. The summed E-state index contributed by atoms with van der Waals surface area (Å²) in [5.74, 6) is 7.31. The number of fused-ring (bicyclic) bond motifs is 3. The zero-order valence-electron chi connectivity index (χ0n) is 10.7. The maximum atomic E-state index is 3.61. The van der Waals surface area contributed by atoms with Crippen molar-refractivity contribution in [1.29, 1.82) is 0 Å². The molecule has 0 radical (unpaired) electrons. The number of hydrogen-bond acceptors (Lipinski definition) is 2. The van der Waals surface area contributed by atoms with Crippen LogP contribution >= 0.6 is 0 Å². The Morgan fingerprint density at radius 1 is 1.17 bits per heavy atom. The summed E-state index contributed by atoms with van der Waals surface area (Å²) in [7, 11) is 0. The van der Waals surface area contributed by atoms with Gasteiger partial charge in [-0.3, -0.25) is 0 Å². The molecule has 3 fully saturated rings. The van der Waals surface area contributed by atoms with Gasteiger partial charge < -0.3 is 10.2 Å². The molecule has 2 nitrogen and oxygen atoms in total. The molecule has 3 heterocycles. The lowest BCUT2D eigenvalue weighted by molar-refractivity contribution is 0.0747. The van der Waals surface area contributed by atoms with Crippen LogP contribution in [0.3, 0.4) is 0 Å². The van der Waals surface area contributed by atoms with Crippen molar-refractivity contribution in [2.24, 2.45) is 5.92 Å². The first-order valence-corrected chi connectivity index (χ1v) is 6.91. The molecule has 3 aliphatic heterocycles. The fourth-order valence-corrected chi connectivity index (χ4v) is 3.05. The van der Waals surface area contributed by atoms with Crippen molar-refractivity contribution in [3.8, 4) is 11.8 Å². The molecule has 0 saturated carbocycles. The van der Waals surface area contributed by atoms with Crippen LogP contribution in [0.4, 0.5) is 0 Å². The topological polar surface area (TPSA) is 15.3 Å². The quantitative estimate of drug-likeness (QED) is 0.792. The number of nitrogens with one attached hydrogen (secondary N) is 1. The molecule has 3 aliphatic rings. The first-order valence-electron chi connectivity index (χ1n) is 6.91. The number of benzene rings is 1. The van der Waals surface area contributed by atoms with Crippen molar-refractivity contribution < 1.29 is 0 Å². The number of nitrogens with zero attached hydrogens (tertiary/aromatic N) is 1. The van der Waals surface area contributed by atoms with Gasteiger partial charge in [-0.05, 0) is 44.0 Å². The molecule has 0 aromatic heterocycles. The smallest absolute Gasteiger partial charge is 0.0582 e. The summed E-state index contributed by atoms with van der Waals surface area (Å²) in [4.78, 5) is 2.57. The normalized spacial score (nSPS) is 29.7. The molecule has 1 atom stereocenters. The van der Waals surface area contributed by atoms with Gasteiger partial charge in [-0.1, -0.05) is 30.0 Å². The fraction of sp³-hybridized carbons (Fsp3) is 0.500. The monoisotopic (exact) mass is 240 g/mol. The lowest BCUT2D eigenvalue weighted by Crippen LogP contribution is -2.56. The van der Waals surface area contributed by atoms with Crippen molar-refractivity contribution >= 4 is 0 Å². The van der Waals surface area contributed by atoms with Gasteiger partial charge in [0, 0.05) is 18.2 Å². The Labute approximate surface area is 109 Å². The maximum absolute atomic E-state index is 3.61. The predicted molar refractivity (Wildman–Crippen MR) is 74.3 cm³/mol. The molecule has 18 heavy (non-hydrogen) atoms. The first kappa shape index (κ1) is 11.8. The Morgan fingerprint density at radius 3 is 2.61 bits per heavy atom. The van der Waals surface area contributed by atoms with Crippen LogP contribution in [0, 0.1) is 17.8 Å². The van der Waals surface area contributed by atoms with Crippen LogP contribution in [0.25, 0.3) is 0 Å². The van der Waals surface area contributed by atoms with Gasteiger partial charge in [0.2, 0.25) is 0 Å². The molecule has 2 heteroatoms. The SMILES string of the molecule is C(#Cc1ccccc1)CNC1CN2CCC1CC2. The minimum atomic E-state index is 0.664. The number of rotatable bonds is 2. The molecule has 3 saturated heterocycles. The van der Waals surface area contributed by atoms with E-state index in [1.165, 1.54) is 32.5 Å². The second kappa shape index (κ2) is 5.56. The van der Waals surface area contributed by atoms with E-state index in [1.807, 2.05) is 18.2 Å². The van der Waals surface area contributed by atoms with Crippen LogP contribution in [-0.4, -0.2) is 37.1 Å². The molecule has 1 aromatic rings. The van der Waals surface area contributed by atoms with Gasteiger partial charge in [0.1, 0.15) is 0 Å². The van der Waals surface area contributed by atoms with Crippen LogP contribution in [0.2, 0.25) is 0 Å². The molecule has 94 valence electrons. The van der Waals surface area contributed by atoms with Gasteiger partial charge in [-0.25, -0.2) is 0 Å². The minimum absolute atomic E-state index is 0.664. The van der Waals surface area contributed by atoms with Crippen LogP contribution in [-0.2, 0) is 0 Å². The molecule has 1 unspecified atom stereocenters. The molecule has 0 aliphatic carbocycles. The van der Waals surface area contributed by atoms with Gasteiger partial charge in [0.05, 0.1) is 6.54 Å². The van der Waals surface area contributed by atoms with Crippen molar-refractivity contribution in [2.45, 2.75) is 18.9 Å². The summed E-state index contributed by atoms with van der Waals surface area (Å²) in [5, 5.41) is 3.61. The van der Waals surface area contributed by atoms with E-state index < -0.39 is 0 Å². The average molecular weight is 240 g/mol. The molecule has 1 N–H and O–H groups in total. The second-order valence-corrected chi connectivity index (χ2v) is 5.29. The van der Waals surface area contributed by atoms with Gasteiger partial charge in [0.15, 0.2) is 0 Å². The fourth-order valence-electron chi connectivity index (χ4n) is 3.05. The Hall–Kier alpha value is -1.30. The molecular weight excluding hydrogens is 220 g/mol. The largest absolute Gasteiger partial charge is 0.302 e. The average Bonchev–Trinajstić information content (AvgIpc) is 2.46. The zero-order valence-corrected chi connectivity index (χ0v) is 10.7. The van der Waals surface area contributed by atoms with Crippen molar-refractivity contribution in [3.05, 3.63) is 35.9 Å². The highest BCUT2D eigenvalue weighted by atomic mass is 15.2. The van der Waals surface area contributed by atoms with E-state index >= 15 is 0 Å². The van der Waals surface area contributed by atoms with Crippen molar-refractivity contribution in [1.82, 2.24) is 10.2 Å². The lowest BCUT2D eigenvalue weighted by Gasteiger charge is -2.44. The van der Waals surface area contributed by atoms with E-state index in [2.05, 4.69) is 34.2 Å². The minimum Gasteiger partial charge on any atom is -0.302 e. The second-order valence-electron chi connectivity index (χ2n) is 5.29. The maximum Gasteiger partial charge on any atom is 0.0582 e. The Kier molecular flexibility index (Phi) is 3.64. The van der Waals surface area contributed by atoms with Crippen LogP contribution < -0.4 is 5.32 Å². The van der Waals surface area contributed by atoms with E-state index in [9.17, 15) is 0 Å². The molecule has 0 spiro atoms. The molecule has 0 amide bonds. The van der Waals surface area contributed by atoms with Crippen molar-refractivity contribution in [3.63, 3.8) is 0 Å². The Balaban J connectivity index is 1.49. The Bertz CT molecular complexity index is 435. The third-order valence-electron chi connectivity index (χ3n) is 4.12. The van der Waals surface area contributed by atoms with E-state index in [1.54, 1.807) is 0 Å². The third kappa shape index (κ3) is 2.75. The number of piperidine rings is 3. The van der Waals surface area contributed by atoms with Gasteiger partial charge in [-0.2, -0.15) is 0 Å². The summed E-state index contributed by atoms with van der Waals surface area (Å²) in [6.07, 6.45) is 2.73. The Morgan fingerprint density at radius 2 is 1.94 bits per heavy atom. The van der Waals surface area contributed by atoms with Crippen LogP contribution in [0.15, 0.2) is 30.3 Å². The van der Waals surface area contributed by atoms with Gasteiger partial charge >= 0.3 is 0 Å². The van der Waals surface area contributed by atoms with Crippen molar-refractivity contribution in [2.75, 3.05) is 26.2 Å². The van der Waals surface area contributed by atoms with E-state index in [4.69, 9.17) is 0 Å². The molecular formula is C16H20N2. The first-order chi connectivity index (χ1) is 8.92. The molecule has 2 bridgehead atoms. The van der Waals surface area contributed by atoms with Crippen LogP contribution in [0.1, 0.15) is 18.4 Å². The van der Waals surface area contributed by atoms with Gasteiger partial charge in [0.25, 0.3) is 0 Å². The third-order valence-corrected chi connectivity index (χ3v) is 4.12. The van der Waals surface area contributed by atoms with Crippen LogP contribution in [0.5, 0.6) is 0 Å². The highest BCUT2D eigenvalue weighted by Gasteiger charge is 2.33. The highest BCUT2D eigenvalue weighted by Crippen LogP contribution is 2.27. The predicted octanol–water partition coefficient (Wildman–Crippen LogP) is 1.72. The zero-order chi connectivity index (χ0) is 12.2. The van der Waals surface area contributed by atoms with E-state index in [0.717, 1.165) is 18.0 Å². The summed E-state index contributed by atoms with van der Waals surface area (Å²) < 4.78 is 0. The van der Waals surface area contributed by atoms with E-state index in [0.29, 0.717) is 6.04 Å².